The van der Waals surface area contributed by atoms with Gasteiger partial charge in [0.25, 0.3) is 0 Å². The summed E-state index contributed by atoms with van der Waals surface area (Å²) in [6.45, 7) is 5.54. The van der Waals surface area contributed by atoms with Gasteiger partial charge in [-0.1, -0.05) is 28.1 Å². The summed E-state index contributed by atoms with van der Waals surface area (Å²) in [4.78, 5) is 11.8. The summed E-state index contributed by atoms with van der Waals surface area (Å²) in [5, 5.41) is 7.35. The van der Waals surface area contributed by atoms with E-state index in [0.717, 1.165) is 34.4 Å². The number of rotatable bonds is 6. The Bertz CT molecular complexity index is 604. The second-order valence-electron chi connectivity index (χ2n) is 5.16. The van der Waals surface area contributed by atoms with Gasteiger partial charge in [0.1, 0.15) is 0 Å². The fourth-order valence-electron chi connectivity index (χ4n) is 2.21. The van der Waals surface area contributed by atoms with Crippen LogP contribution in [-0.4, -0.2) is 22.2 Å². The average Bonchev–Trinajstić information content (AvgIpc) is 2.76. The van der Waals surface area contributed by atoms with Gasteiger partial charge >= 0.3 is 0 Å². The third-order valence-electron chi connectivity index (χ3n) is 3.25. The van der Waals surface area contributed by atoms with Crippen molar-refractivity contribution in [2.75, 3.05) is 6.54 Å². The van der Waals surface area contributed by atoms with E-state index in [4.69, 9.17) is 0 Å². The molecular formula is C16H20BrN3O. The van der Waals surface area contributed by atoms with Crippen molar-refractivity contribution in [2.45, 2.75) is 33.2 Å². The minimum Gasteiger partial charge on any atom is -0.356 e. The molecule has 1 heterocycles. The lowest BCUT2D eigenvalue weighted by Gasteiger charge is -2.07. The van der Waals surface area contributed by atoms with Gasteiger partial charge < -0.3 is 5.32 Å². The van der Waals surface area contributed by atoms with Gasteiger partial charge in [0, 0.05) is 23.3 Å². The van der Waals surface area contributed by atoms with Gasteiger partial charge in [-0.3, -0.25) is 9.48 Å². The molecule has 112 valence electrons. The van der Waals surface area contributed by atoms with Crippen molar-refractivity contribution < 1.29 is 4.79 Å². The van der Waals surface area contributed by atoms with E-state index in [1.807, 2.05) is 42.8 Å². The van der Waals surface area contributed by atoms with Gasteiger partial charge in [-0.15, -0.1) is 0 Å². The zero-order chi connectivity index (χ0) is 15.2. The van der Waals surface area contributed by atoms with E-state index in [-0.39, 0.29) is 5.91 Å². The number of hydrogen-bond acceptors (Lipinski definition) is 2. The number of carbonyl (C=O) groups excluding carboxylic acids is 1. The van der Waals surface area contributed by atoms with Crippen LogP contribution in [0.5, 0.6) is 0 Å². The first-order valence-corrected chi connectivity index (χ1v) is 7.86. The minimum atomic E-state index is 0.0608. The second-order valence-corrected chi connectivity index (χ2v) is 6.07. The van der Waals surface area contributed by atoms with Crippen LogP contribution in [0.3, 0.4) is 0 Å². The number of nitrogens with zero attached hydrogens (tertiary/aromatic N) is 2. The van der Waals surface area contributed by atoms with E-state index in [2.05, 4.69) is 32.4 Å². The van der Waals surface area contributed by atoms with Gasteiger partial charge in [-0.05, 0) is 44.0 Å². The molecule has 0 spiro atoms. The second kappa shape index (κ2) is 7.41. The molecule has 1 aromatic heterocycles. The number of nitrogens with one attached hydrogen (secondary N) is 1. The Hall–Kier alpha value is -1.62. The van der Waals surface area contributed by atoms with Crippen molar-refractivity contribution in [2.24, 2.45) is 0 Å². The summed E-state index contributed by atoms with van der Waals surface area (Å²) in [5.41, 5.74) is 3.22. The molecule has 0 saturated carbocycles. The lowest BCUT2D eigenvalue weighted by Crippen LogP contribution is -2.27. The number of benzene rings is 1. The molecule has 0 saturated heterocycles. The molecule has 1 amide bonds. The van der Waals surface area contributed by atoms with Crippen LogP contribution in [0.1, 0.15) is 23.4 Å². The topological polar surface area (TPSA) is 46.9 Å². The maximum atomic E-state index is 11.8. The molecule has 5 heteroatoms. The van der Waals surface area contributed by atoms with Crippen molar-refractivity contribution in [3.63, 3.8) is 0 Å². The van der Waals surface area contributed by atoms with Gasteiger partial charge in [-0.2, -0.15) is 5.10 Å². The van der Waals surface area contributed by atoms with Crippen LogP contribution >= 0.6 is 15.9 Å². The molecular weight excluding hydrogens is 330 g/mol. The van der Waals surface area contributed by atoms with Gasteiger partial charge in [0.05, 0.1) is 12.1 Å². The summed E-state index contributed by atoms with van der Waals surface area (Å²) in [6.07, 6.45) is 1.31. The average molecular weight is 350 g/mol. The number of aryl methyl sites for hydroxylation is 3. The molecule has 1 aromatic carbocycles. The summed E-state index contributed by atoms with van der Waals surface area (Å²) in [5.74, 6) is 0.0608. The number of halogens is 1. The zero-order valence-corrected chi connectivity index (χ0v) is 14.0. The van der Waals surface area contributed by atoms with Gasteiger partial charge in [0.2, 0.25) is 5.91 Å². The molecule has 4 nitrogen and oxygen atoms in total. The molecule has 0 unspecified atom stereocenters. The first kappa shape index (κ1) is 15.8. The highest BCUT2D eigenvalue weighted by molar-refractivity contribution is 9.10. The summed E-state index contributed by atoms with van der Waals surface area (Å²) in [7, 11) is 0. The van der Waals surface area contributed by atoms with Crippen LogP contribution < -0.4 is 5.32 Å². The van der Waals surface area contributed by atoms with Crippen LogP contribution in [0.4, 0.5) is 0 Å². The predicted octanol–water partition coefficient (Wildman–Crippen LogP) is 3.01. The fourth-order valence-corrected chi connectivity index (χ4v) is 2.47. The van der Waals surface area contributed by atoms with E-state index >= 15 is 0 Å². The molecule has 0 fully saturated rings. The van der Waals surface area contributed by atoms with Crippen LogP contribution in [0, 0.1) is 13.8 Å². The molecule has 0 aliphatic heterocycles. The lowest BCUT2D eigenvalue weighted by molar-refractivity contribution is -0.120. The Labute approximate surface area is 133 Å². The number of hydrogen-bond donors (Lipinski definition) is 1. The maximum absolute atomic E-state index is 11.8. The Kier molecular flexibility index (Phi) is 5.56. The highest BCUT2D eigenvalue weighted by Crippen LogP contribution is 2.10. The standard InChI is InChI=1S/C16H20BrN3O/c1-12-10-13(2)20(19-12)9-3-8-18-16(21)11-14-4-6-15(17)7-5-14/h4-7,10H,3,8-9,11H2,1-2H3,(H,18,21). The number of carbonyl (C=O) groups is 1. The first-order chi connectivity index (χ1) is 10.0. The zero-order valence-electron chi connectivity index (χ0n) is 12.4. The first-order valence-electron chi connectivity index (χ1n) is 7.07. The summed E-state index contributed by atoms with van der Waals surface area (Å²) in [6, 6.07) is 9.88. The Morgan fingerprint density at radius 3 is 2.62 bits per heavy atom. The van der Waals surface area contributed by atoms with E-state index in [1.54, 1.807) is 0 Å². The molecule has 2 aromatic rings. The number of amides is 1. The molecule has 0 aliphatic rings. The predicted molar refractivity (Wildman–Crippen MR) is 87.2 cm³/mol. The van der Waals surface area contributed by atoms with Crippen molar-refractivity contribution in [3.05, 3.63) is 51.8 Å². The molecule has 2 rings (SSSR count). The highest BCUT2D eigenvalue weighted by Gasteiger charge is 2.04. The van der Waals surface area contributed by atoms with E-state index in [0.29, 0.717) is 13.0 Å². The van der Waals surface area contributed by atoms with Crippen molar-refractivity contribution in [1.82, 2.24) is 15.1 Å². The van der Waals surface area contributed by atoms with Crippen LogP contribution in [0.2, 0.25) is 0 Å². The highest BCUT2D eigenvalue weighted by atomic mass is 79.9. The van der Waals surface area contributed by atoms with Gasteiger partial charge in [0.15, 0.2) is 0 Å². The van der Waals surface area contributed by atoms with E-state index in [9.17, 15) is 4.79 Å². The van der Waals surface area contributed by atoms with Crippen molar-refractivity contribution >= 4 is 21.8 Å². The smallest absolute Gasteiger partial charge is 0.224 e. The van der Waals surface area contributed by atoms with E-state index < -0.39 is 0 Å². The largest absolute Gasteiger partial charge is 0.356 e. The third kappa shape index (κ3) is 5.01. The molecule has 0 radical (unpaired) electrons. The normalized spacial score (nSPS) is 10.6. The maximum Gasteiger partial charge on any atom is 0.224 e. The monoisotopic (exact) mass is 349 g/mol. The lowest BCUT2D eigenvalue weighted by atomic mass is 10.1. The minimum absolute atomic E-state index is 0.0608. The fraction of sp³-hybridized carbons (Fsp3) is 0.375. The van der Waals surface area contributed by atoms with Crippen LogP contribution in [0.15, 0.2) is 34.8 Å². The Morgan fingerprint density at radius 1 is 1.29 bits per heavy atom. The summed E-state index contributed by atoms with van der Waals surface area (Å²) < 4.78 is 3.01. The third-order valence-corrected chi connectivity index (χ3v) is 3.78. The Morgan fingerprint density at radius 2 is 2.00 bits per heavy atom. The molecule has 21 heavy (non-hydrogen) atoms. The molecule has 0 aliphatic carbocycles. The molecule has 1 N–H and O–H groups in total. The summed E-state index contributed by atoms with van der Waals surface area (Å²) >= 11 is 3.38. The Balaban J connectivity index is 1.70. The number of aromatic nitrogens is 2. The van der Waals surface area contributed by atoms with Crippen molar-refractivity contribution in [3.8, 4) is 0 Å². The quantitative estimate of drug-likeness (QED) is 0.814. The van der Waals surface area contributed by atoms with Gasteiger partial charge in [-0.25, -0.2) is 0 Å². The van der Waals surface area contributed by atoms with Crippen LogP contribution in [0.25, 0.3) is 0 Å². The molecule has 0 atom stereocenters. The molecule has 0 bridgehead atoms. The van der Waals surface area contributed by atoms with Crippen molar-refractivity contribution in [1.29, 1.82) is 0 Å². The van der Waals surface area contributed by atoms with E-state index in [1.165, 1.54) is 0 Å². The SMILES string of the molecule is Cc1cc(C)n(CCCNC(=O)Cc2ccc(Br)cc2)n1. The van der Waals surface area contributed by atoms with Crippen LogP contribution in [-0.2, 0) is 17.8 Å².